The van der Waals surface area contributed by atoms with Gasteiger partial charge in [-0.25, -0.2) is 17.9 Å². The minimum absolute atomic E-state index is 0.0902. The maximum atomic E-state index is 12.4. The van der Waals surface area contributed by atoms with Crippen molar-refractivity contribution in [2.45, 2.75) is 12.8 Å². The monoisotopic (exact) mass is 394 g/mol. The molecule has 146 valence electrons. The van der Waals surface area contributed by atoms with E-state index >= 15 is 0 Å². The largest absolute Gasteiger partial charge is 0.484 e. The number of piperidine rings is 1. The second-order valence-corrected chi connectivity index (χ2v) is 8.54. The number of sulfonamides is 1. The summed E-state index contributed by atoms with van der Waals surface area (Å²) in [6.45, 7) is 1.32. The summed E-state index contributed by atoms with van der Waals surface area (Å²) in [5.74, 6) is 0.374. The van der Waals surface area contributed by atoms with Crippen molar-refractivity contribution in [2.24, 2.45) is 5.92 Å². The highest BCUT2D eigenvalue weighted by Crippen LogP contribution is 2.20. The van der Waals surface area contributed by atoms with Gasteiger partial charge in [0.2, 0.25) is 10.0 Å². The molecule has 1 N–H and O–H groups in total. The summed E-state index contributed by atoms with van der Waals surface area (Å²) >= 11 is 0. The van der Waals surface area contributed by atoms with Crippen LogP contribution < -0.4 is 15.1 Å². The molecule has 1 aromatic carbocycles. The minimum Gasteiger partial charge on any atom is -0.484 e. The van der Waals surface area contributed by atoms with Gasteiger partial charge in [0.15, 0.2) is 6.61 Å². The van der Waals surface area contributed by atoms with Crippen LogP contribution in [0.4, 0.5) is 0 Å². The quantitative estimate of drug-likeness (QED) is 0.732. The molecule has 2 aromatic rings. The maximum absolute atomic E-state index is 12.4. The third-order valence-electron chi connectivity index (χ3n) is 4.46. The van der Waals surface area contributed by atoms with Gasteiger partial charge in [0, 0.05) is 37.2 Å². The normalized spacial score (nSPS) is 17.8. The Labute approximate surface area is 157 Å². The summed E-state index contributed by atoms with van der Waals surface area (Å²) in [6, 6.07) is 8.06. The van der Waals surface area contributed by atoms with E-state index in [4.69, 9.17) is 9.15 Å². The number of likely N-dealkylation sites (tertiary alicyclic amines) is 1. The first-order valence-electron chi connectivity index (χ1n) is 8.69. The molecule has 1 fully saturated rings. The molecule has 8 nitrogen and oxygen atoms in total. The number of benzene rings is 1. The average Bonchev–Trinajstić information content (AvgIpc) is 2.63. The van der Waals surface area contributed by atoms with Gasteiger partial charge in [-0.2, -0.15) is 0 Å². The van der Waals surface area contributed by atoms with Crippen molar-refractivity contribution in [3.8, 4) is 5.75 Å². The molecular formula is C18H22N2O6S. The first-order chi connectivity index (χ1) is 12.8. The van der Waals surface area contributed by atoms with Crippen LogP contribution in [-0.2, 0) is 14.8 Å². The van der Waals surface area contributed by atoms with Crippen LogP contribution in [0.1, 0.15) is 12.8 Å². The Morgan fingerprint density at radius 1 is 1.33 bits per heavy atom. The van der Waals surface area contributed by atoms with E-state index in [2.05, 4.69) is 4.72 Å². The van der Waals surface area contributed by atoms with E-state index in [1.807, 2.05) is 0 Å². The highest BCUT2D eigenvalue weighted by atomic mass is 32.2. The molecule has 0 radical (unpaired) electrons. The zero-order chi connectivity index (χ0) is 19.4. The average molecular weight is 394 g/mol. The molecule has 0 spiro atoms. The van der Waals surface area contributed by atoms with Gasteiger partial charge in [-0.3, -0.25) is 4.79 Å². The maximum Gasteiger partial charge on any atom is 0.336 e. The molecule has 0 saturated carbocycles. The molecule has 1 atom stereocenters. The first kappa shape index (κ1) is 19.4. The van der Waals surface area contributed by atoms with Gasteiger partial charge < -0.3 is 14.1 Å². The van der Waals surface area contributed by atoms with Crippen molar-refractivity contribution in [3.05, 3.63) is 40.8 Å². The van der Waals surface area contributed by atoms with Gasteiger partial charge >= 0.3 is 5.63 Å². The van der Waals surface area contributed by atoms with E-state index < -0.39 is 15.6 Å². The molecule has 1 aliphatic heterocycles. The van der Waals surface area contributed by atoms with Gasteiger partial charge in [0.1, 0.15) is 11.3 Å². The van der Waals surface area contributed by atoms with Crippen molar-refractivity contribution >= 4 is 26.9 Å². The number of fused-ring (bicyclic) bond motifs is 1. The highest BCUT2D eigenvalue weighted by molar-refractivity contribution is 7.88. The summed E-state index contributed by atoms with van der Waals surface area (Å²) in [7, 11) is -3.24. The summed E-state index contributed by atoms with van der Waals surface area (Å²) in [5.41, 5.74) is -0.0462. The van der Waals surface area contributed by atoms with E-state index in [-0.39, 0.29) is 18.4 Å². The number of carbonyl (C=O) groups is 1. The number of carbonyl (C=O) groups excluding carboxylic acids is 1. The predicted octanol–water partition coefficient (Wildman–Crippen LogP) is 0.960. The zero-order valence-electron chi connectivity index (χ0n) is 15.0. The van der Waals surface area contributed by atoms with Crippen LogP contribution in [-0.4, -0.2) is 51.7 Å². The third kappa shape index (κ3) is 5.54. The lowest BCUT2D eigenvalue weighted by Gasteiger charge is -2.32. The summed E-state index contributed by atoms with van der Waals surface area (Å²) < 4.78 is 35.6. The Kier molecular flexibility index (Phi) is 5.81. The second kappa shape index (κ2) is 8.10. The van der Waals surface area contributed by atoms with Crippen LogP contribution >= 0.6 is 0 Å². The van der Waals surface area contributed by atoms with Gasteiger partial charge in [-0.15, -0.1) is 0 Å². The van der Waals surface area contributed by atoms with E-state index in [0.717, 1.165) is 24.5 Å². The number of nitrogens with zero attached hydrogens (tertiary/aromatic N) is 1. The highest BCUT2D eigenvalue weighted by Gasteiger charge is 2.24. The van der Waals surface area contributed by atoms with E-state index in [1.165, 1.54) is 6.07 Å². The molecule has 1 amide bonds. The molecule has 1 saturated heterocycles. The van der Waals surface area contributed by atoms with Crippen LogP contribution in [0.25, 0.3) is 11.0 Å². The lowest BCUT2D eigenvalue weighted by molar-refractivity contribution is -0.135. The molecule has 3 rings (SSSR count). The van der Waals surface area contributed by atoms with Gasteiger partial charge in [0.05, 0.1) is 6.26 Å². The number of rotatable bonds is 6. The topological polar surface area (TPSA) is 106 Å². The molecule has 0 aliphatic carbocycles. The fourth-order valence-corrected chi connectivity index (χ4v) is 3.63. The summed E-state index contributed by atoms with van der Waals surface area (Å²) in [5, 5.41) is 0.769. The standard InChI is InChI=1S/C18H22N2O6S/c1-27(23,24)19-10-13-3-2-8-20(11-13)17(21)12-25-15-6-4-14-5-7-18(22)26-16(14)9-15/h4-7,9,13,19H,2-3,8,10-12H2,1H3. The molecule has 1 aromatic heterocycles. The number of hydrogen-bond donors (Lipinski definition) is 1. The lowest BCUT2D eigenvalue weighted by atomic mass is 9.98. The molecule has 2 heterocycles. The van der Waals surface area contributed by atoms with Crippen LogP contribution in [0.5, 0.6) is 5.75 Å². The SMILES string of the molecule is CS(=O)(=O)NCC1CCCN(C(=O)COc2ccc3ccc(=O)oc3c2)C1. The van der Waals surface area contributed by atoms with E-state index in [0.29, 0.717) is 31.0 Å². The third-order valence-corrected chi connectivity index (χ3v) is 5.15. The Bertz CT molecular complexity index is 985. The number of ether oxygens (including phenoxy) is 1. The van der Waals surface area contributed by atoms with Crippen LogP contribution in [0, 0.1) is 5.92 Å². The van der Waals surface area contributed by atoms with Crippen molar-refractivity contribution in [1.29, 1.82) is 0 Å². The zero-order valence-corrected chi connectivity index (χ0v) is 15.8. The van der Waals surface area contributed by atoms with Crippen molar-refractivity contribution in [2.75, 3.05) is 32.5 Å². The molecule has 27 heavy (non-hydrogen) atoms. The fourth-order valence-electron chi connectivity index (χ4n) is 3.09. The Balaban J connectivity index is 1.56. The van der Waals surface area contributed by atoms with Gasteiger partial charge in [-0.1, -0.05) is 0 Å². The smallest absolute Gasteiger partial charge is 0.336 e. The summed E-state index contributed by atoms with van der Waals surface area (Å²) in [6.07, 6.45) is 2.82. The fraction of sp³-hybridized carbons (Fsp3) is 0.444. The van der Waals surface area contributed by atoms with E-state index in [9.17, 15) is 18.0 Å². The van der Waals surface area contributed by atoms with Crippen molar-refractivity contribution in [3.63, 3.8) is 0 Å². The van der Waals surface area contributed by atoms with Crippen molar-refractivity contribution < 1.29 is 22.4 Å². The molecule has 0 bridgehead atoms. The predicted molar refractivity (Wildman–Crippen MR) is 100 cm³/mol. The first-order valence-corrected chi connectivity index (χ1v) is 10.6. The molecule has 1 aliphatic rings. The van der Waals surface area contributed by atoms with Crippen LogP contribution in [0.2, 0.25) is 0 Å². The second-order valence-electron chi connectivity index (χ2n) is 6.71. The van der Waals surface area contributed by atoms with Crippen LogP contribution in [0.15, 0.2) is 39.5 Å². The number of amides is 1. The Morgan fingerprint density at radius 3 is 2.89 bits per heavy atom. The molecule has 9 heteroatoms. The van der Waals surface area contributed by atoms with Gasteiger partial charge in [-0.05, 0) is 37.0 Å². The Morgan fingerprint density at radius 2 is 2.11 bits per heavy atom. The number of hydrogen-bond acceptors (Lipinski definition) is 6. The lowest BCUT2D eigenvalue weighted by Crippen LogP contribution is -2.45. The van der Waals surface area contributed by atoms with Crippen molar-refractivity contribution in [1.82, 2.24) is 9.62 Å². The summed E-state index contributed by atoms with van der Waals surface area (Å²) in [4.78, 5) is 25.4. The molecular weight excluding hydrogens is 372 g/mol. The minimum atomic E-state index is -3.24. The number of nitrogens with one attached hydrogen (secondary N) is 1. The Hall–Kier alpha value is -2.39. The van der Waals surface area contributed by atoms with Crippen LogP contribution in [0.3, 0.4) is 0 Å². The molecule has 1 unspecified atom stereocenters. The van der Waals surface area contributed by atoms with E-state index in [1.54, 1.807) is 29.2 Å². The van der Waals surface area contributed by atoms with Gasteiger partial charge in [0.25, 0.3) is 5.91 Å².